The lowest BCUT2D eigenvalue weighted by molar-refractivity contribution is -0.165. The fourth-order valence-corrected chi connectivity index (χ4v) is 1.81. The molecule has 100 valence electrons. The monoisotopic (exact) mass is 260 g/mol. The van der Waals surface area contributed by atoms with Crippen LogP contribution in [0.1, 0.15) is 25.7 Å². The predicted octanol–water partition coefficient (Wildman–Crippen LogP) is 5.06. The van der Waals surface area contributed by atoms with Gasteiger partial charge >= 0.3 is 11.8 Å². The van der Waals surface area contributed by atoms with E-state index in [0.29, 0.717) is 0 Å². The van der Waals surface area contributed by atoms with E-state index in [4.69, 9.17) is 0 Å². The van der Waals surface area contributed by atoms with Gasteiger partial charge in [-0.25, -0.2) is 0 Å². The van der Waals surface area contributed by atoms with E-state index < -0.39 is 23.0 Å². The first-order chi connectivity index (χ1) is 8.37. The van der Waals surface area contributed by atoms with Crippen molar-refractivity contribution < 1.29 is 17.6 Å². The van der Waals surface area contributed by atoms with Crippen LogP contribution in [0.25, 0.3) is 0 Å². The molecular weight excluding hydrogens is 244 g/mol. The van der Waals surface area contributed by atoms with E-state index in [0.717, 1.165) is 12.2 Å². The van der Waals surface area contributed by atoms with Gasteiger partial charge in [-0.2, -0.15) is 17.6 Å². The molecular formula is C14H16F4. The average molecular weight is 260 g/mol. The summed E-state index contributed by atoms with van der Waals surface area (Å²) in [6.07, 6.45) is 5.41. The van der Waals surface area contributed by atoms with Crippen LogP contribution in [0.2, 0.25) is 0 Å². The highest BCUT2D eigenvalue weighted by Crippen LogP contribution is 2.49. The normalized spacial score (nSPS) is 20.9. The number of halogens is 4. The van der Waals surface area contributed by atoms with Gasteiger partial charge in [-0.3, -0.25) is 0 Å². The molecule has 0 fully saturated rings. The van der Waals surface area contributed by atoms with Gasteiger partial charge in [0.15, 0.2) is 0 Å². The standard InChI is InChI=1S/C14H16F4/c1-3-5-7-11-9-10-12(8-6-4-2)14(17,18)13(11,15)16/h3-4,9-10H,1-2,5-8H2. The molecule has 0 radical (unpaired) electrons. The second kappa shape index (κ2) is 5.55. The molecule has 4 heteroatoms. The second-order valence-electron chi connectivity index (χ2n) is 4.19. The van der Waals surface area contributed by atoms with Gasteiger partial charge in [-0.1, -0.05) is 24.3 Å². The summed E-state index contributed by atoms with van der Waals surface area (Å²) in [5, 5.41) is 0. The summed E-state index contributed by atoms with van der Waals surface area (Å²) < 4.78 is 54.9. The van der Waals surface area contributed by atoms with Crippen molar-refractivity contribution in [3.8, 4) is 0 Å². The summed E-state index contributed by atoms with van der Waals surface area (Å²) in [5.41, 5.74) is -1.07. The molecule has 0 unspecified atom stereocenters. The van der Waals surface area contributed by atoms with Crippen LogP contribution in [0.15, 0.2) is 48.6 Å². The molecule has 0 spiro atoms. The quantitative estimate of drug-likeness (QED) is 0.462. The lowest BCUT2D eigenvalue weighted by Gasteiger charge is -2.33. The fourth-order valence-electron chi connectivity index (χ4n) is 1.81. The van der Waals surface area contributed by atoms with E-state index in [1.807, 2.05) is 0 Å². The van der Waals surface area contributed by atoms with Gasteiger partial charge in [0.2, 0.25) is 0 Å². The van der Waals surface area contributed by atoms with Crippen LogP contribution in [0, 0.1) is 0 Å². The van der Waals surface area contributed by atoms with Crippen LogP contribution in [-0.4, -0.2) is 11.8 Å². The maximum atomic E-state index is 13.7. The third-order valence-electron chi connectivity index (χ3n) is 2.92. The lowest BCUT2D eigenvalue weighted by Crippen LogP contribution is -2.45. The Kier molecular flexibility index (Phi) is 4.54. The molecule has 0 heterocycles. The van der Waals surface area contributed by atoms with Crippen LogP contribution < -0.4 is 0 Å². The van der Waals surface area contributed by atoms with Crippen LogP contribution >= 0.6 is 0 Å². The maximum absolute atomic E-state index is 13.7. The topological polar surface area (TPSA) is 0 Å². The van der Waals surface area contributed by atoms with E-state index in [9.17, 15) is 17.6 Å². The van der Waals surface area contributed by atoms with Crippen molar-refractivity contribution >= 4 is 0 Å². The van der Waals surface area contributed by atoms with Crippen LogP contribution in [-0.2, 0) is 0 Å². The molecule has 0 aromatic heterocycles. The molecule has 0 atom stereocenters. The molecule has 0 amide bonds. The number of hydrogen-bond acceptors (Lipinski definition) is 0. The van der Waals surface area contributed by atoms with Gasteiger partial charge in [-0.15, -0.1) is 13.2 Å². The Hall–Kier alpha value is -1.32. The third-order valence-corrected chi connectivity index (χ3v) is 2.92. The van der Waals surface area contributed by atoms with E-state index in [1.54, 1.807) is 0 Å². The molecule has 0 bridgehead atoms. The number of hydrogen-bond donors (Lipinski definition) is 0. The van der Waals surface area contributed by atoms with E-state index in [2.05, 4.69) is 13.2 Å². The van der Waals surface area contributed by atoms with Gasteiger partial charge < -0.3 is 0 Å². The fraction of sp³-hybridized carbons (Fsp3) is 0.429. The largest absolute Gasteiger partial charge is 0.335 e. The summed E-state index contributed by atoms with van der Waals surface area (Å²) in [7, 11) is 0. The molecule has 0 aromatic rings. The summed E-state index contributed by atoms with van der Waals surface area (Å²) in [6, 6.07) is 0. The first kappa shape index (κ1) is 14.7. The van der Waals surface area contributed by atoms with Crippen molar-refractivity contribution in [3.63, 3.8) is 0 Å². The smallest absolute Gasteiger partial charge is 0.194 e. The molecule has 0 nitrogen and oxygen atoms in total. The third kappa shape index (κ3) is 2.57. The van der Waals surface area contributed by atoms with Crippen molar-refractivity contribution in [3.05, 3.63) is 48.6 Å². The highest BCUT2D eigenvalue weighted by atomic mass is 19.3. The second-order valence-corrected chi connectivity index (χ2v) is 4.19. The number of rotatable bonds is 6. The first-order valence-electron chi connectivity index (χ1n) is 5.76. The Morgan fingerprint density at radius 3 is 1.44 bits per heavy atom. The highest BCUT2D eigenvalue weighted by Gasteiger charge is 2.60. The highest BCUT2D eigenvalue weighted by molar-refractivity contribution is 5.38. The minimum Gasteiger partial charge on any atom is -0.194 e. The summed E-state index contributed by atoms with van der Waals surface area (Å²) in [4.78, 5) is 0. The molecule has 1 aliphatic rings. The molecule has 1 rings (SSSR count). The Morgan fingerprint density at radius 2 is 1.17 bits per heavy atom. The van der Waals surface area contributed by atoms with Crippen LogP contribution in [0.3, 0.4) is 0 Å². The zero-order valence-corrected chi connectivity index (χ0v) is 10.1. The Morgan fingerprint density at radius 1 is 0.833 bits per heavy atom. The first-order valence-corrected chi connectivity index (χ1v) is 5.76. The Balaban J connectivity index is 3.02. The van der Waals surface area contributed by atoms with Crippen molar-refractivity contribution in [2.24, 2.45) is 0 Å². The number of allylic oxidation sites excluding steroid dienone is 6. The van der Waals surface area contributed by atoms with Crippen molar-refractivity contribution in [1.29, 1.82) is 0 Å². The summed E-state index contributed by atoms with van der Waals surface area (Å²) in [6.45, 7) is 6.80. The molecule has 0 saturated heterocycles. The van der Waals surface area contributed by atoms with Crippen molar-refractivity contribution in [1.82, 2.24) is 0 Å². The summed E-state index contributed by atoms with van der Waals surface area (Å²) in [5.74, 6) is -8.22. The van der Waals surface area contributed by atoms with Gasteiger partial charge in [0.1, 0.15) is 0 Å². The van der Waals surface area contributed by atoms with Gasteiger partial charge in [-0.05, 0) is 25.7 Å². The molecule has 0 saturated carbocycles. The Labute approximate surface area is 104 Å². The molecule has 0 aromatic carbocycles. The molecule has 0 aliphatic heterocycles. The molecule has 0 N–H and O–H groups in total. The van der Waals surface area contributed by atoms with Gasteiger partial charge in [0.05, 0.1) is 0 Å². The Bertz CT molecular complexity index is 351. The van der Waals surface area contributed by atoms with E-state index >= 15 is 0 Å². The van der Waals surface area contributed by atoms with Crippen LogP contribution in [0.4, 0.5) is 17.6 Å². The maximum Gasteiger partial charge on any atom is 0.335 e. The predicted molar refractivity (Wildman–Crippen MR) is 64.9 cm³/mol. The minimum atomic E-state index is -4.11. The lowest BCUT2D eigenvalue weighted by atomic mass is 9.86. The molecule has 18 heavy (non-hydrogen) atoms. The van der Waals surface area contributed by atoms with Crippen LogP contribution in [0.5, 0.6) is 0 Å². The molecule has 1 aliphatic carbocycles. The minimum absolute atomic E-state index is 0.0999. The SMILES string of the molecule is C=CCCC1=CC=C(CCC=C)C(F)(F)C1(F)F. The summed E-state index contributed by atoms with van der Waals surface area (Å²) >= 11 is 0. The van der Waals surface area contributed by atoms with E-state index in [1.165, 1.54) is 12.2 Å². The average Bonchev–Trinajstić information content (AvgIpc) is 2.30. The van der Waals surface area contributed by atoms with Gasteiger partial charge in [0.25, 0.3) is 0 Å². The zero-order chi connectivity index (χ0) is 13.8. The zero-order valence-electron chi connectivity index (χ0n) is 10.1. The number of alkyl halides is 4. The van der Waals surface area contributed by atoms with Crippen molar-refractivity contribution in [2.75, 3.05) is 0 Å². The van der Waals surface area contributed by atoms with Crippen molar-refractivity contribution in [2.45, 2.75) is 37.5 Å². The van der Waals surface area contributed by atoms with E-state index in [-0.39, 0.29) is 25.7 Å². The van der Waals surface area contributed by atoms with Gasteiger partial charge in [0, 0.05) is 11.1 Å².